The first-order chi connectivity index (χ1) is 7.95. The van der Waals surface area contributed by atoms with E-state index in [9.17, 15) is 15.2 Å². The summed E-state index contributed by atoms with van der Waals surface area (Å²) in [5.41, 5.74) is 0.359. The van der Waals surface area contributed by atoms with Crippen molar-refractivity contribution in [1.29, 1.82) is 0 Å². The van der Waals surface area contributed by atoms with Crippen molar-refractivity contribution in [2.45, 2.75) is 33.2 Å². The Bertz CT molecular complexity index is 405. The second kappa shape index (κ2) is 5.52. The summed E-state index contributed by atoms with van der Waals surface area (Å²) >= 11 is 0. The number of nitrogens with zero attached hydrogens (tertiary/aromatic N) is 1. The van der Waals surface area contributed by atoms with Crippen LogP contribution in [0.3, 0.4) is 0 Å². The Morgan fingerprint density at radius 2 is 2.12 bits per heavy atom. The first kappa shape index (κ1) is 13.3. The average Bonchev–Trinajstić information content (AvgIpc) is 2.26. The number of phenols is 1. The van der Waals surface area contributed by atoms with E-state index in [1.165, 1.54) is 6.07 Å². The molecule has 0 aliphatic heterocycles. The van der Waals surface area contributed by atoms with Crippen LogP contribution in [0.4, 0.5) is 11.4 Å². The molecule has 1 atom stereocenters. The molecule has 94 valence electrons. The summed E-state index contributed by atoms with van der Waals surface area (Å²) in [4.78, 5) is 10.4. The third kappa shape index (κ3) is 3.34. The lowest BCUT2D eigenvalue weighted by Gasteiger charge is -2.21. The van der Waals surface area contributed by atoms with E-state index in [1.54, 1.807) is 6.07 Å². The van der Waals surface area contributed by atoms with Crippen LogP contribution in [-0.2, 0) is 0 Å². The van der Waals surface area contributed by atoms with Crippen molar-refractivity contribution in [2.24, 2.45) is 5.92 Å². The highest BCUT2D eigenvalue weighted by molar-refractivity contribution is 5.64. The Kier molecular flexibility index (Phi) is 4.31. The quantitative estimate of drug-likeness (QED) is 0.469. The molecule has 0 heterocycles. The van der Waals surface area contributed by atoms with Crippen molar-refractivity contribution < 1.29 is 10.0 Å². The number of phenolic OH excluding ortho intramolecular Hbond substituents is 1. The third-order valence-corrected chi connectivity index (χ3v) is 2.76. The molecular weight excluding hydrogens is 220 g/mol. The van der Waals surface area contributed by atoms with E-state index in [4.69, 9.17) is 0 Å². The van der Waals surface area contributed by atoms with E-state index < -0.39 is 4.92 Å². The van der Waals surface area contributed by atoms with Gasteiger partial charge in [0.25, 0.3) is 5.69 Å². The maximum Gasteiger partial charge on any atom is 0.296 e. The predicted octanol–water partition coefficient (Wildman–Crippen LogP) is 3.15. The van der Waals surface area contributed by atoms with Gasteiger partial charge in [0.1, 0.15) is 11.4 Å². The lowest BCUT2D eigenvalue weighted by Crippen LogP contribution is -2.24. The minimum absolute atomic E-state index is 0.0934. The molecule has 1 unspecified atom stereocenters. The third-order valence-electron chi connectivity index (χ3n) is 2.76. The largest absolute Gasteiger partial charge is 0.508 e. The van der Waals surface area contributed by atoms with E-state index in [1.807, 2.05) is 6.92 Å². The number of anilines is 1. The number of nitro groups is 1. The molecule has 0 spiro atoms. The van der Waals surface area contributed by atoms with Crippen molar-refractivity contribution >= 4 is 11.4 Å². The topological polar surface area (TPSA) is 75.4 Å². The number of aromatic hydroxyl groups is 1. The van der Waals surface area contributed by atoms with E-state index in [-0.39, 0.29) is 17.5 Å². The molecule has 1 aromatic carbocycles. The van der Waals surface area contributed by atoms with Crippen LogP contribution in [0.1, 0.15) is 27.2 Å². The number of hydrogen-bond donors (Lipinski definition) is 2. The molecule has 0 amide bonds. The number of nitrogens with one attached hydrogen (secondary N) is 1. The number of rotatable bonds is 5. The minimum Gasteiger partial charge on any atom is -0.508 e. The molecule has 0 aliphatic rings. The van der Waals surface area contributed by atoms with Gasteiger partial charge in [0.15, 0.2) is 0 Å². The fraction of sp³-hybridized carbons (Fsp3) is 0.500. The van der Waals surface area contributed by atoms with Gasteiger partial charge in [-0.05, 0) is 24.5 Å². The van der Waals surface area contributed by atoms with Gasteiger partial charge in [-0.3, -0.25) is 10.1 Å². The highest BCUT2D eigenvalue weighted by atomic mass is 16.6. The van der Waals surface area contributed by atoms with Crippen molar-refractivity contribution in [3.05, 3.63) is 28.3 Å². The Morgan fingerprint density at radius 1 is 1.47 bits per heavy atom. The minimum atomic E-state index is -0.491. The second-order valence-electron chi connectivity index (χ2n) is 4.36. The van der Waals surface area contributed by atoms with Crippen LogP contribution in [0.15, 0.2) is 18.2 Å². The highest BCUT2D eigenvalue weighted by Gasteiger charge is 2.18. The smallest absolute Gasteiger partial charge is 0.296 e. The van der Waals surface area contributed by atoms with Gasteiger partial charge >= 0.3 is 0 Å². The molecule has 1 rings (SSSR count). The molecule has 0 bridgehead atoms. The van der Waals surface area contributed by atoms with Crippen LogP contribution in [-0.4, -0.2) is 16.1 Å². The number of hydrogen-bond acceptors (Lipinski definition) is 4. The molecule has 0 aromatic heterocycles. The zero-order valence-corrected chi connectivity index (χ0v) is 10.3. The monoisotopic (exact) mass is 238 g/mol. The molecular formula is C12H18N2O3. The van der Waals surface area contributed by atoms with Gasteiger partial charge in [0.2, 0.25) is 0 Å². The number of nitro benzene ring substituents is 1. The zero-order valence-electron chi connectivity index (χ0n) is 10.3. The Morgan fingerprint density at radius 3 is 2.59 bits per heavy atom. The Labute approximate surface area is 101 Å². The van der Waals surface area contributed by atoms with Crippen LogP contribution < -0.4 is 5.32 Å². The van der Waals surface area contributed by atoms with Gasteiger partial charge in [-0.15, -0.1) is 0 Å². The second-order valence-corrected chi connectivity index (χ2v) is 4.36. The fourth-order valence-corrected chi connectivity index (χ4v) is 1.73. The van der Waals surface area contributed by atoms with Crippen LogP contribution in [0.5, 0.6) is 5.75 Å². The summed E-state index contributed by atoms with van der Waals surface area (Å²) in [5.74, 6) is 0.285. The maximum atomic E-state index is 10.9. The summed E-state index contributed by atoms with van der Waals surface area (Å²) in [5, 5.41) is 23.3. The Balaban J connectivity index is 3.01. The molecule has 0 radical (unpaired) electrons. The molecule has 5 heteroatoms. The fourth-order valence-electron chi connectivity index (χ4n) is 1.73. The average molecular weight is 238 g/mol. The van der Waals surface area contributed by atoms with Gasteiger partial charge in [-0.2, -0.15) is 0 Å². The lowest BCUT2D eigenvalue weighted by atomic mass is 10.0. The molecule has 5 nitrogen and oxygen atoms in total. The van der Waals surface area contributed by atoms with Gasteiger partial charge in [0.05, 0.1) is 11.0 Å². The van der Waals surface area contributed by atoms with Crippen molar-refractivity contribution in [2.75, 3.05) is 5.32 Å². The zero-order chi connectivity index (χ0) is 13.0. The molecule has 0 aliphatic carbocycles. The first-order valence-corrected chi connectivity index (χ1v) is 5.69. The normalized spacial score (nSPS) is 12.5. The van der Waals surface area contributed by atoms with Crippen LogP contribution in [0.2, 0.25) is 0 Å². The van der Waals surface area contributed by atoms with Gasteiger partial charge in [-0.25, -0.2) is 0 Å². The summed E-state index contributed by atoms with van der Waals surface area (Å²) in [7, 11) is 0. The number of benzene rings is 1. The van der Waals surface area contributed by atoms with E-state index in [0.29, 0.717) is 11.6 Å². The standard InChI is InChI=1S/C12H18N2O3/c1-4-10(8(2)3)13-11-6-5-9(15)7-12(11)14(16)17/h5-8,10,13,15H,4H2,1-3H3. The van der Waals surface area contributed by atoms with Gasteiger partial charge in [-0.1, -0.05) is 20.8 Å². The summed E-state index contributed by atoms with van der Waals surface area (Å²) in [6, 6.07) is 4.33. The highest BCUT2D eigenvalue weighted by Crippen LogP contribution is 2.29. The van der Waals surface area contributed by atoms with Crippen LogP contribution >= 0.6 is 0 Å². The van der Waals surface area contributed by atoms with Crippen molar-refractivity contribution in [3.8, 4) is 5.75 Å². The van der Waals surface area contributed by atoms with E-state index >= 15 is 0 Å². The SMILES string of the molecule is CCC(Nc1ccc(O)cc1[N+](=O)[O-])C(C)C. The molecule has 1 aromatic rings. The summed E-state index contributed by atoms with van der Waals surface area (Å²) < 4.78 is 0. The molecule has 0 saturated carbocycles. The van der Waals surface area contributed by atoms with Gasteiger partial charge < -0.3 is 10.4 Å². The maximum absolute atomic E-state index is 10.9. The molecule has 2 N–H and O–H groups in total. The van der Waals surface area contributed by atoms with Gasteiger partial charge in [0, 0.05) is 6.04 Å². The van der Waals surface area contributed by atoms with Crippen molar-refractivity contribution in [1.82, 2.24) is 0 Å². The lowest BCUT2D eigenvalue weighted by molar-refractivity contribution is -0.384. The van der Waals surface area contributed by atoms with Crippen LogP contribution in [0.25, 0.3) is 0 Å². The first-order valence-electron chi connectivity index (χ1n) is 5.69. The van der Waals surface area contributed by atoms with E-state index in [2.05, 4.69) is 19.2 Å². The van der Waals surface area contributed by atoms with E-state index in [0.717, 1.165) is 12.5 Å². The van der Waals surface area contributed by atoms with Crippen LogP contribution in [0, 0.1) is 16.0 Å². The predicted molar refractivity (Wildman–Crippen MR) is 67.3 cm³/mol. The summed E-state index contributed by atoms with van der Waals surface area (Å²) in [6.45, 7) is 6.16. The van der Waals surface area contributed by atoms with Crippen molar-refractivity contribution in [3.63, 3.8) is 0 Å². The Hall–Kier alpha value is -1.78. The summed E-state index contributed by atoms with van der Waals surface area (Å²) in [6.07, 6.45) is 0.885. The molecule has 17 heavy (non-hydrogen) atoms. The molecule has 0 saturated heterocycles. The molecule has 0 fully saturated rings.